The molecule has 2 heterocycles. The van der Waals surface area contributed by atoms with Crippen molar-refractivity contribution in [2.75, 3.05) is 5.32 Å². The molecule has 0 atom stereocenters. The molecular weight excluding hydrogens is 284 g/mol. The van der Waals surface area contributed by atoms with E-state index in [1.54, 1.807) is 6.20 Å². The van der Waals surface area contributed by atoms with E-state index in [0.717, 1.165) is 28.3 Å². The van der Waals surface area contributed by atoms with Crippen molar-refractivity contribution in [2.24, 2.45) is 0 Å². The molecule has 0 unspecified atom stereocenters. The minimum atomic E-state index is 0.386. The van der Waals surface area contributed by atoms with Crippen LogP contribution in [0.2, 0.25) is 0 Å². The lowest BCUT2D eigenvalue weighted by Crippen LogP contribution is -1.98. The lowest BCUT2D eigenvalue weighted by molar-refractivity contribution is 0.787. The van der Waals surface area contributed by atoms with Crippen molar-refractivity contribution in [3.05, 3.63) is 54.0 Å². The molecule has 108 valence electrons. The molecule has 0 fully saturated rings. The summed E-state index contributed by atoms with van der Waals surface area (Å²) in [4.78, 5) is 4.43. The first kappa shape index (κ1) is 13.9. The van der Waals surface area contributed by atoms with Crippen molar-refractivity contribution in [1.82, 2.24) is 14.6 Å². The van der Waals surface area contributed by atoms with E-state index >= 15 is 0 Å². The maximum Gasteiger partial charge on any atom is 0.156 e. The highest BCUT2D eigenvalue weighted by Crippen LogP contribution is 2.23. The van der Waals surface area contributed by atoms with E-state index in [-0.39, 0.29) is 0 Å². The molecule has 0 aliphatic heterocycles. The van der Waals surface area contributed by atoms with Crippen LogP contribution >= 0.6 is 11.6 Å². The van der Waals surface area contributed by atoms with E-state index in [1.807, 2.05) is 35.0 Å². The minimum absolute atomic E-state index is 0.386. The molecule has 0 radical (unpaired) electrons. The molecule has 1 N–H and O–H groups in total. The van der Waals surface area contributed by atoms with Crippen molar-refractivity contribution in [1.29, 1.82) is 0 Å². The Bertz CT molecular complexity index is 764. The molecule has 0 saturated carbocycles. The first-order valence-electron chi connectivity index (χ1n) is 6.93. The second-order valence-electron chi connectivity index (χ2n) is 5.29. The van der Waals surface area contributed by atoms with Crippen LogP contribution < -0.4 is 5.32 Å². The van der Waals surface area contributed by atoms with Crippen LogP contribution in [0.4, 0.5) is 11.5 Å². The van der Waals surface area contributed by atoms with Gasteiger partial charge in [0.2, 0.25) is 0 Å². The number of halogens is 1. The number of anilines is 2. The van der Waals surface area contributed by atoms with Gasteiger partial charge in [-0.15, -0.1) is 11.6 Å². The maximum atomic E-state index is 5.88. The Morgan fingerprint density at radius 1 is 1.29 bits per heavy atom. The maximum absolute atomic E-state index is 5.88. The van der Waals surface area contributed by atoms with Crippen molar-refractivity contribution in [3.63, 3.8) is 0 Å². The molecule has 4 nitrogen and oxygen atoms in total. The molecule has 3 aromatic rings. The van der Waals surface area contributed by atoms with Crippen molar-refractivity contribution in [2.45, 2.75) is 25.6 Å². The summed E-state index contributed by atoms with van der Waals surface area (Å²) in [6.45, 7) is 4.26. The molecule has 0 aliphatic rings. The van der Waals surface area contributed by atoms with E-state index < -0.39 is 0 Å². The third kappa shape index (κ3) is 2.85. The average Bonchev–Trinajstić information content (AvgIpc) is 2.93. The number of rotatable bonds is 4. The van der Waals surface area contributed by atoms with Crippen LogP contribution in [0.25, 0.3) is 5.52 Å². The zero-order valence-electron chi connectivity index (χ0n) is 12.0. The number of hydrogen-bond donors (Lipinski definition) is 1. The summed E-state index contributed by atoms with van der Waals surface area (Å²) >= 11 is 5.88. The fourth-order valence-corrected chi connectivity index (χ4v) is 2.35. The number of hydrogen-bond acceptors (Lipinski definition) is 3. The van der Waals surface area contributed by atoms with E-state index in [9.17, 15) is 0 Å². The first-order valence-corrected chi connectivity index (χ1v) is 7.47. The van der Waals surface area contributed by atoms with E-state index in [0.29, 0.717) is 11.8 Å². The van der Waals surface area contributed by atoms with Gasteiger partial charge in [0, 0.05) is 24.0 Å². The third-order valence-corrected chi connectivity index (χ3v) is 3.65. The lowest BCUT2D eigenvalue weighted by atomic mass is 10.1. The van der Waals surface area contributed by atoms with Gasteiger partial charge in [-0.2, -0.15) is 5.10 Å². The largest absolute Gasteiger partial charge is 0.338 e. The minimum Gasteiger partial charge on any atom is -0.338 e. The number of aromatic nitrogens is 3. The number of nitrogens with zero attached hydrogens (tertiary/aromatic N) is 3. The Labute approximate surface area is 128 Å². The highest BCUT2D eigenvalue weighted by atomic mass is 35.5. The second-order valence-corrected chi connectivity index (χ2v) is 5.56. The molecule has 0 saturated heterocycles. The Kier molecular flexibility index (Phi) is 3.80. The van der Waals surface area contributed by atoms with Crippen LogP contribution in [0.5, 0.6) is 0 Å². The second kappa shape index (κ2) is 5.74. The molecule has 5 heteroatoms. The van der Waals surface area contributed by atoms with Crippen LogP contribution in [0, 0.1) is 0 Å². The normalized spacial score (nSPS) is 11.2. The van der Waals surface area contributed by atoms with Gasteiger partial charge < -0.3 is 5.32 Å². The zero-order chi connectivity index (χ0) is 14.8. The van der Waals surface area contributed by atoms with E-state index in [4.69, 9.17) is 11.6 Å². The van der Waals surface area contributed by atoms with Crippen molar-refractivity contribution >= 4 is 28.6 Å². The number of benzene rings is 1. The summed E-state index contributed by atoms with van der Waals surface area (Å²) in [5.41, 5.74) is 4.07. The quantitative estimate of drug-likeness (QED) is 0.729. The molecule has 0 amide bonds. The topological polar surface area (TPSA) is 42.2 Å². The van der Waals surface area contributed by atoms with Gasteiger partial charge in [0.05, 0.1) is 5.69 Å². The van der Waals surface area contributed by atoms with E-state index in [2.05, 4.69) is 35.3 Å². The summed E-state index contributed by atoms with van der Waals surface area (Å²) in [6, 6.07) is 10.1. The van der Waals surface area contributed by atoms with Gasteiger partial charge in [-0.3, -0.25) is 0 Å². The summed E-state index contributed by atoms with van der Waals surface area (Å²) in [7, 11) is 0. The van der Waals surface area contributed by atoms with E-state index in [1.165, 1.54) is 0 Å². The van der Waals surface area contributed by atoms with Crippen LogP contribution in [-0.2, 0) is 5.88 Å². The Morgan fingerprint density at radius 3 is 2.90 bits per heavy atom. The SMILES string of the molecule is CC(C)c1cc2c(Nc3cccc(CCl)c3)nccn2n1. The van der Waals surface area contributed by atoms with Crippen LogP contribution in [-0.4, -0.2) is 14.6 Å². The Morgan fingerprint density at radius 2 is 2.14 bits per heavy atom. The fraction of sp³-hybridized carbons (Fsp3) is 0.250. The number of nitrogens with one attached hydrogen (secondary N) is 1. The van der Waals surface area contributed by atoms with Gasteiger partial charge in [-0.25, -0.2) is 9.50 Å². The molecule has 0 spiro atoms. The first-order chi connectivity index (χ1) is 10.2. The molecule has 0 bridgehead atoms. The highest BCUT2D eigenvalue weighted by molar-refractivity contribution is 6.17. The van der Waals surface area contributed by atoms with Gasteiger partial charge in [-0.05, 0) is 29.7 Å². The van der Waals surface area contributed by atoms with Crippen LogP contribution in [0.3, 0.4) is 0 Å². The molecular formula is C16H17ClN4. The predicted molar refractivity (Wildman–Crippen MR) is 86.4 cm³/mol. The smallest absolute Gasteiger partial charge is 0.156 e. The van der Waals surface area contributed by atoms with Gasteiger partial charge in [0.15, 0.2) is 5.82 Å². The molecule has 3 rings (SSSR count). The van der Waals surface area contributed by atoms with Gasteiger partial charge >= 0.3 is 0 Å². The Balaban J connectivity index is 1.99. The molecule has 21 heavy (non-hydrogen) atoms. The van der Waals surface area contributed by atoms with Gasteiger partial charge in [0.25, 0.3) is 0 Å². The summed E-state index contributed by atoms with van der Waals surface area (Å²) < 4.78 is 1.86. The monoisotopic (exact) mass is 300 g/mol. The number of alkyl halides is 1. The summed E-state index contributed by atoms with van der Waals surface area (Å²) in [6.07, 6.45) is 3.61. The van der Waals surface area contributed by atoms with Gasteiger partial charge in [-0.1, -0.05) is 26.0 Å². The zero-order valence-corrected chi connectivity index (χ0v) is 12.8. The van der Waals surface area contributed by atoms with Crippen LogP contribution in [0.1, 0.15) is 31.0 Å². The van der Waals surface area contributed by atoms with Crippen molar-refractivity contribution < 1.29 is 0 Å². The standard InChI is InChI=1S/C16H17ClN4/c1-11(2)14-9-15-16(18-6-7-21(15)20-14)19-13-5-3-4-12(8-13)10-17/h3-9,11H,10H2,1-2H3,(H,18,19). The van der Waals surface area contributed by atoms with Crippen molar-refractivity contribution in [3.8, 4) is 0 Å². The molecule has 1 aromatic carbocycles. The number of fused-ring (bicyclic) bond motifs is 1. The summed E-state index contributed by atoms with van der Waals surface area (Å²) in [5.74, 6) is 1.68. The van der Waals surface area contributed by atoms with Gasteiger partial charge in [0.1, 0.15) is 5.52 Å². The lowest BCUT2D eigenvalue weighted by Gasteiger charge is -2.07. The Hall–Kier alpha value is -2.07. The summed E-state index contributed by atoms with van der Waals surface area (Å²) in [5, 5.41) is 7.91. The third-order valence-electron chi connectivity index (χ3n) is 3.34. The molecule has 2 aromatic heterocycles. The predicted octanol–water partition coefficient (Wildman–Crippen LogP) is 4.34. The fourth-order valence-electron chi connectivity index (χ4n) is 2.19. The average molecular weight is 301 g/mol. The molecule has 0 aliphatic carbocycles. The highest BCUT2D eigenvalue weighted by Gasteiger charge is 2.10. The van der Waals surface area contributed by atoms with Crippen LogP contribution in [0.15, 0.2) is 42.7 Å².